The summed E-state index contributed by atoms with van der Waals surface area (Å²) in [6.45, 7) is 0. The zero-order valence-corrected chi connectivity index (χ0v) is 12.1. The summed E-state index contributed by atoms with van der Waals surface area (Å²) in [6, 6.07) is 9.07. The summed E-state index contributed by atoms with van der Waals surface area (Å²) in [5, 5.41) is 3.42. The van der Waals surface area contributed by atoms with Gasteiger partial charge in [0.05, 0.1) is 5.25 Å². The molecule has 2 unspecified atom stereocenters. The minimum Gasteiger partial charge on any atom is -0.309 e. The lowest BCUT2D eigenvalue weighted by Crippen LogP contribution is -2.45. The third-order valence-electron chi connectivity index (χ3n) is 4.50. The van der Waals surface area contributed by atoms with Crippen molar-refractivity contribution >= 4 is 9.84 Å². The topological polar surface area (TPSA) is 46.2 Å². The predicted octanol–water partition coefficient (Wildman–Crippen LogP) is 1.71. The SMILES string of the molecule is CS(=O)(=O)C1CCCC1NC1Cc2ccccc2C1. The first-order chi connectivity index (χ1) is 9.04. The summed E-state index contributed by atoms with van der Waals surface area (Å²) in [6.07, 6.45) is 6.27. The Labute approximate surface area is 115 Å². The van der Waals surface area contributed by atoms with Gasteiger partial charge in [-0.3, -0.25) is 0 Å². The van der Waals surface area contributed by atoms with Crippen LogP contribution in [0.5, 0.6) is 0 Å². The van der Waals surface area contributed by atoms with Gasteiger partial charge in [-0.15, -0.1) is 0 Å². The average Bonchev–Trinajstić information content (AvgIpc) is 2.93. The first-order valence-corrected chi connectivity index (χ1v) is 9.01. The highest BCUT2D eigenvalue weighted by atomic mass is 32.2. The van der Waals surface area contributed by atoms with Gasteiger partial charge in [-0.1, -0.05) is 30.7 Å². The first kappa shape index (κ1) is 13.1. The Morgan fingerprint density at radius 2 is 1.74 bits per heavy atom. The van der Waals surface area contributed by atoms with Gasteiger partial charge in [-0.25, -0.2) is 8.42 Å². The Bertz CT molecular complexity index is 542. The van der Waals surface area contributed by atoms with Crippen molar-refractivity contribution in [2.24, 2.45) is 0 Å². The summed E-state index contributed by atoms with van der Waals surface area (Å²) < 4.78 is 23.6. The van der Waals surface area contributed by atoms with E-state index in [0.717, 1.165) is 32.1 Å². The molecule has 0 spiro atoms. The van der Waals surface area contributed by atoms with Crippen LogP contribution in [0.3, 0.4) is 0 Å². The highest BCUT2D eigenvalue weighted by Crippen LogP contribution is 2.28. The molecule has 0 aromatic heterocycles. The molecule has 2 aliphatic carbocycles. The van der Waals surface area contributed by atoms with Gasteiger partial charge < -0.3 is 5.32 Å². The minimum absolute atomic E-state index is 0.148. The molecule has 0 heterocycles. The van der Waals surface area contributed by atoms with Crippen molar-refractivity contribution < 1.29 is 8.42 Å². The van der Waals surface area contributed by atoms with E-state index < -0.39 is 9.84 Å². The molecule has 0 bridgehead atoms. The van der Waals surface area contributed by atoms with Crippen LogP contribution in [0.1, 0.15) is 30.4 Å². The fourth-order valence-electron chi connectivity index (χ4n) is 3.61. The van der Waals surface area contributed by atoms with E-state index in [1.54, 1.807) is 0 Å². The Balaban J connectivity index is 1.68. The molecule has 3 nitrogen and oxygen atoms in total. The van der Waals surface area contributed by atoms with E-state index in [0.29, 0.717) is 6.04 Å². The van der Waals surface area contributed by atoms with Crippen LogP contribution in [0.4, 0.5) is 0 Å². The number of nitrogens with one attached hydrogen (secondary N) is 1. The molecule has 4 heteroatoms. The van der Waals surface area contributed by atoms with Crippen LogP contribution < -0.4 is 5.32 Å². The van der Waals surface area contributed by atoms with Crippen LogP contribution >= 0.6 is 0 Å². The Kier molecular flexibility index (Phi) is 3.39. The average molecular weight is 279 g/mol. The third-order valence-corrected chi connectivity index (χ3v) is 6.17. The molecular weight excluding hydrogens is 258 g/mol. The van der Waals surface area contributed by atoms with Crippen molar-refractivity contribution in [2.75, 3.05) is 6.26 Å². The maximum Gasteiger partial charge on any atom is 0.151 e. The summed E-state index contributed by atoms with van der Waals surface area (Å²) in [7, 11) is -2.92. The third kappa shape index (κ3) is 2.70. The van der Waals surface area contributed by atoms with Gasteiger partial charge in [0.25, 0.3) is 0 Å². The second-order valence-electron chi connectivity index (χ2n) is 5.95. The lowest BCUT2D eigenvalue weighted by Gasteiger charge is -2.23. The molecule has 3 rings (SSSR count). The Hall–Kier alpha value is -0.870. The maximum absolute atomic E-state index is 11.8. The summed E-state index contributed by atoms with van der Waals surface area (Å²) >= 11 is 0. The normalized spacial score (nSPS) is 27.6. The van der Waals surface area contributed by atoms with E-state index in [4.69, 9.17) is 0 Å². The lowest BCUT2D eigenvalue weighted by atomic mass is 10.1. The van der Waals surface area contributed by atoms with Gasteiger partial charge in [0.1, 0.15) is 0 Å². The molecule has 1 N–H and O–H groups in total. The van der Waals surface area contributed by atoms with Crippen LogP contribution in [-0.4, -0.2) is 32.0 Å². The molecule has 0 saturated heterocycles. The van der Waals surface area contributed by atoms with E-state index in [1.807, 2.05) is 0 Å². The number of sulfone groups is 1. The molecule has 0 amide bonds. The second kappa shape index (κ2) is 4.91. The van der Waals surface area contributed by atoms with Crippen LogP contribution in [0, 0.1) is 0 Å². The molecule has 2 aliphatic rings. The molecule has 1 saturated carbocycles. The number of benzene rings is 1. The van der Waals surface area contributed by atoms with Crippen LogP contribution in [-0.2, 0) is 22.7 Å². The van der Waals surface area contributed by atoms with E-state index >= 15 is 0 Å². The van der Waals surface area contributed by atoms with Crippen molar-refractivity contribution in [2.45, 2.75) is 49.4 Å². The minimum atomic E-state index is -2.92. The van der Waals surface area contributed by atoms with Gasteiger partial charge in [-0.05, 0) is 36.8 Å². The lowest BCUT2D eigenvalue weighted by molar-refractivity contribution is 0.436. The van der Waals surface area contributed by atoms with Crippen LogP contribution in [0.2, 0.25) is 0 Å². The highest BCUT2D eigenvalue weighted by molar-refractivity contribution is 7.91. The van der Waals surface area contributed by atoms with Gasteiger partial charge in [0.15, 0.2) is 9.84 Å². The van der Waals surface area contributed by atoms with Crippen molar-refractivity contribution in [1.82, 2.24) is 5.32 Å². The number of hydrogen-bond donors (Lipinski definition) is 1. The first-order valence-electron chi connectivity index (χ1n) is 7.06. The quantitative estimate of drug-likeness (QED) is 0.916. The maximum atomic E-state index is 11.8. The second-order valence-corrected chi connectivity index (χ2v) is 8.21. The Morgan fingerprint density at radius 3 is 2.32 bits per heavy atom. The number of rotatable bonds is 3. The molecule has 1 aromatic carbocycles. The fraction of sp³-hybridized carbons (Fsp3) is 0.600. The van der Waals surface area contributed by atoms with E-state index in [-0.39, 0.29) is 11.3 Å². The predicted molar refractivity (Wildman–Crippen MR) is 77.0 cm³/mol. The van der Waals surface area contributed by atoms with Gasteiger partial charge >= 0.3 is 0 Å². The number of fused-ring (bicyclic) bond motifs is 1. The van der Waals surface area contributed by atoms with Crippen LogP contribution in [0.15, 0.2) is 24.3 Å². The van der Waals surface area contributed by atoms with Crippen LogP contribution in [0.25, 0.3) is 0 Å². The molecule has 0 aliphatic heterocycles. The smallest absolute Gasteiger partial charge is 0.151 e. The molecule has 19 heavy (non-hydrogen) atoms. The van der Waals surface area contributed by atoms with E-state index in [9.17, 15) is 8.42 Å². The molecule has 104 valence electrons. The van der Waals surface area contributed by atoms with Crippen molar-refractivity contribution in [3.8, 4) is 0 Å². The molecule has 2 atom stereocenters. The molecule has 0 radical (unpaired) electrons. The van der Waals surface area contributed by atoms with Crippen molar-refractivity contribution in [3.05, 3.63) is 35.4 Å². The van der Waals surface area contributed by atoms with Crippen molar-refractivity contribution in [3.63, 3.8) is 0 Å². The Morgan fingerprint density at radius 1 is 1.11 bits per heavy atom. The highest BCUT2D eigenvalue weighted by Gasteiger charge is 2.36. The largest absolute Gasteiger partial charge is 0.309 e. The van der Waals surface area contributed by atoms with Gasteiger partial charge in [0.2, 0.25) is 0 Å². The van der Waals surface area contributed by atoms with Crippen molar-refractivity contribution in [1.29, 1.82) is 0 Å². The monoisotopic (exact) mass is 279 g/mol. The zero-order valence-electron chi connectivity index (χ0n) is 11.3. The van der Waals surface area contributed by atoms with E-state index in [1.165, 1.54) is 17.4 Å². The number of hydrogen-bond acceptors (Lipinski definition) is 3. The molecular formula is C15H21NO2S. The molecule has 1 fully saturated rings. The standard InChI is InChI=1S/C15H21NO2S/c1-19(17,18)15-8-4-7-14(15)16-13-9-11-5-2-3-6-12(11)10-13/h2-3,5-6,13-16H,4,7-10H2,1H3. The summed E-state index contributed by atoms with van der Waals surface area (Å²) in [5.41, 5.74) is 2.82. The van der Waals surface area contributed by atoms with Gasteiger partial charge in [-0.2, -0.15) is 0 Å². The summed E-state index contributed by atoms with van der Waals surface area (Å²) in [5.74, 6) is 0. The molecule has 1 aromatic rings. The fourth-order valence-corrected chi connectivity index (χ4v) is 5.01. The van der Waals surface area contributed by atoms with E-state index in [2.05, 4.69) is 29.6 Å². The zero-order chi connectivity index (χ0) is 13.5. The van der Waals surface area contributed by atoms with Gasteiger partial charge in [0, 0.05) is 18.3 Å². The summed E-state index contributed by atoms with van der Waals surface area (Å²) in [4.78, 5) is 0.